The van der Waals surface area contributed by atoms with Gasteiger partial charge in [0, 0.05) is 12.1 Å². The topological polar surface area (TPSA) is 96.9 Å². The lowest BCUT2D eigenvalue weighted by molar-refractivity contribution is 0.0903. The Balaban J connectivity index is 1.69. The number of aryl methyl sites for hydroxylation is 1. The van der Waals surface area contributed by atoms with E-state index in [1.165, 1.54) is 6.42 Å². The third-order valence-corrected chi connectivity index (χ3v) is 4.34. The molecule has 1 aliphatic rings. The zero-order valence-corrected chi connectivity index (χ0v) is 12.8. The van der Waals surface area contributed by atoms with Crippen LogP contribution in [-0.4, -0.2) is 28.7 Å². The van der Waals surface area contributed by atoms with Gasteiger partial charge in [-0.25, -0.2) is 0 Å². The summed E-state index contributed by atoms with van der Waals surface area (Å²) >= 11 is 0. The van der Waals surface area contributed by atoms with Crippen molar-refractivity contribution in [1.29, 1.82) is 0 Å². The predicted octanol–water partition coefficient (Wildman–Crippen LogP) is 2.23. The second-order valence-corrected chi connectivity index (χ2v) is 5.94. The van der Waals surface area contributed by atoms with Crippen LogP contribution in [0.3, 0.4) is 0 Å². The lowest BCUT2D eigenvalue weighted by Gasteiger charge is -2.31. The van der Waals surface area contributed by atoms with E-state index in [2.05, 4.69) is 15.5 Å². The SMILES string of the molecule is Cc1ccc(-c2cc(C(=O)NC3CCCCC3CN)n[nH]2)o1. The summed E-state index contributed by atoms with van der Waals surface area (Å²) in [4.78, 5) is 12.4. The lowest BCUT2D eigenvalue weighted by atomic mass is 9.84. The Morgan fingerprint density at radius 1 is 1.45 bits per heavy atom. The van der Waals surface area contributed by atoms with Gasteiger partial charge in [-0.05, 0) is 44.4 Å². The van der Waals surface area contributed by atoms with E-state index in [0.29, 0.717) is 29.6 Å². The van der Waals surface area contributed by atoms with E-state index in [9.17, 15) is 4.79 Å². The van der Waals surface area contributed by atoms with Crippen LogP contribution in [0.25, 0.3) is 11.5 Å². The van der Waals surface area contributed by atoms with Crippen LogP contribution in [-0.2, 0) is 0 Å². The molecule has 2 unspecified atom stereocenters. The monoisotopic (exact) mass is 302 g/mol. The molecule has 1 saturated carbocycles. The van der Waals surface area contributed by atoms with E-state index in [1.807, 2.05) is 19.1 Å². The van der Waals surface area contributed by atoms with Gasteiger partial charge >= 0.3 is 0 Å². The number of nitrogens with one attached hydrogen (secondary N) is 2. The molecule has 0 radical (unpaired) electrons. The molecule has 1 amide bonds. The van der Waals surface area contributed by atoms with Crippen molar-refractivity contribution in [3.05, 3.63) is 29.7 Å². The number of aromatic amines is 1. The van der Waals surface area contributed by atoms with Crippen LogP contribution in [0.15, 0.2) is 22.6 Å². The molecule has 4 N–H and O–H groups in total. The Kier molecular flexibility index (Phi) is 4.29. The van der Waals surface area contributed by atoms with Gasteiger partial charge in [0.15, 0.2) is 11.5 Å². The minimum atomic E-state index is -0.156. The van der Waals surface area contributed by atoms with Crippen molar-refractivity contribution in [3.63, 3.8) is 0 Å². The minimum absolute atomic E-state index is 0.150. The van der Waals surface area contributed by atoms with Crippen LogP contribution in [0.2, 0.25) is 0 Å². The summed E-state index contributed by atoms with van der Waals surface area (Å²) in [6.45, 7) is 2.49. The number of carbonyl (C=O) groups excluding carboxylic acids is 1. The third kappa shape index (κ3) is 3.06. The molecule has 2 aromatic heterocycles. The first-order chi connectivity index (χ1) is 10.7. The Morgan fingerprint density at radius 2 is 2.27 bits per heavy atom. The van der Waals surface area contributed by atoms with Crippen LogP contribution in [0, 0.1) is 12.8 Å². The van der Waals surface area contributed by atoms with Gasteiger partial charge in [0.25, 0.3) is 5.91 Å². The van der Waals surface area contributed by atoms with Crippen molar-refractivity contribution in [2.24, 2.45) is 11.7 Å². The van der Waals surface area contributed by atoms with Crippen molar-refractivity contribution in [2.45, 2.75) is 38.6 Å². The summed E-state index contributed by atoms with van der Waals surface area (Å²) in [7, 11) is 0. The first-order valence-electron chi connectivity index (χ1n) is 7.80. The highest BCUT2D eigenvalue weighted by molar-refractivity contribution is 5.93. The predicted molar refractivity (Wildman–Crippen MR) is 83.3 cm³/mol. The number of hydrogen-bond donors (Lipinski definition) is 3. The molecular weight excluding hydrogens is 280 g/mol. The fourth-order valence-corrected chi connectivity index (χ4v) is 3.07. The average molecular weight is 302 g/mol. The molecule has 0 aromatic carbocycles. The first kappa shape index (κ1) is 14.8. The lowest BCUT2D eigenvalue weighted by Crippen LogP contribution is -2.44. The maximum absolute atomic E-state index is 12.4. The number of amides is 1. The fourth-order valence-electron chi connectivity index (χ4n) is 3.07. The number of rotatable bonds is 4. The number of aromatic nitrogens is 2. The van der Waals surface area contributed by atoms with Crippen molar-refractivity contribution in [2.75, 3.05) is 6.54 Å². The zero-order chi connectivity index (χ0) is 15.5. The van der Waals surface area contributed by atoms with Gasteiger partial charge in [-0.15, -0.1) is 0 Å². The van der Waals surface area contributed by atoms with Crippen LogP contribution >= 0.6 is 0 Å². The summed E-state index contributed by atoms with van der Waals surface area (Å²) in [6, 6.07) is 5.60. The van der Waals surface area contributed by atoms with Gasteiger partial charge in [0.2, 0.25) is 0 Å². The van der Waals surface area contributed by atoms with Crippen LogP contribution < -0.4 is 11.1 Å². The van der Waals surface area contributed by atoms with Crippen LogP contribution in [0.5, 0.6) is 0 Å². The molecule has 2 aromatic rings. The van der Waals surface area contributed by atoms with Gasteiger partial charge in [0.1, 0.15) is 11.5 Å². The molecule has 1 aliphatic carbocycles. The van der Waals surface area contributed by atoms with Crippen molar-refractivity contribution in [3.8, 4) is 11.5 Å². The molecule has 6 heteroatoms. The molecule has 22 heavy (non-hydrogen) atoms. The van der Waals surface area contributed by atoms with Crippen molar-refractivity contribution in [1.82, 2.24) is 15.5 Å². The number of carbonyl (C=O) groups is 1. The number of H-pyrrole nitrogens is 1. The molecular formula is C16H22N4O2. The van der Waals surface area contributed by atoms with Crippen molar-refractivity contribution < 1.29 is 9.21 Å². The smallest absolute Gasteiger partial charge is 0.272 e. The standard InChI is InChI=1S/C16H22N4O2/c1-10-6-7-15(22-10)13-8-14(20-19-13)16(21)18-12-5-3-2-4-11(12)9-17/h6-8,11-12H,2-5,9,17H2,1H3,(H,18,21)(H,19,20). The molecule has 0 bridgehead atoms. The summed E-state index contributed by atoms with van der Waals surface area (Å²) in [5, 5.41) is 10.0. The van der Waals surface area contributed by atoms with Gasteiger partial charge in [0.05, 0.1) is 0 Å². The summed E-state index contributed by atoms with van der Waals surface area (Å²) < 4.78 is 5.53. The molecule has 3 rings (SSSR count). The molecule has 118 valence electrons. The molecule has 2 heterocycles. The normalized spacial score (nSPS) is 21.7. The number of furan rings is 1. The molecule has 0 saturated heterocycles. The Morgan fingerprint density at radius 3 is 3.00 bits per heavy atom. The number of hydrogen-bond acceptors (Lipinski definition) is 4. The molecule has 0 spiro atoms. The maximum Gasteiger partial charge on any atom is 0.272 e. The van der Waals surface area contributed by atoms with Gasteiger partial charge in [-0.1, -0.05) is 12.8 Å². The van der Waals surface area contributed by atoms with E-state index in [4.69, 9.17) is 10.2 Å². The Bertz CT molecular complexity index is 646. The molecule has 1 fully saturated rings. The van der Waals surface area contributed by atoms with E-state index < -0.39 is 0 Å². The quantitative estimate of drug-likeness (QED) is 0.806. The van der Waals surface area contributed by atoms with Crippen molar-refractivity contribution >= 4 is 5.91 Å². The van der Waals surface area contributed by atoms with Gasteiger partial charge in [-0.3, -0.25) is 9.89 Å². The van der Waals surface area contributed by atoms with E-state index in [1.54, 1.807) is 6.07 Å². The van der Waals surface area contributed by atoms with E-state index >= 15 is 0 Å². The Hall–Kier alpha value is -2.08. The van der Waals surface area contributed by atoms with Crippen LogP contribution in [0.4, 0.5) is 0 Å². The summed E-state index contributed by atoms with van der Waals surface area (Å²) in [5.74, 6) is 1.71. The van der Waals surface area contributed by atoms with Gasteiger partial charge < -0.3 is 15.5 Å². The van der Waals surface area contributed by atoms with E-state index in [-0.39, 0.29) is 11.9 Å². The molecule has 6 nitrogen and oxygen atoms in total. The largest absolute Gasteiger partial charge is 0.460 e. The molecule has 2 atom stereocenters. The summed E-state index contributed by atoms with van der Waals surface area (Å²) in [5.41, 5.74) is 6.89. The zero-order valence-electron chi connectivity index (χ0n) is 12.8. The Labute approximate surface area is 129 Å². The fraction of sp³-hybridized carbons (Fsp3) is 0.500. The van der Waals surface area contributed by atoms with Crippen LogP contribution in [0.1, 0.15) is 41.9 Å². The van der Waals surface area contributed by atoms with E-state index in [0.717, 1.165) is 25.0 Å². The number of nitrogens with two attached hydrogens (primary N) is 1. The highest BCUT2D eigenvalue weighted by Crippen LogP contribution is 2.24. The average Bonchev–Trinajstić information content (AvgIpc) is 3.16. The number of nitrogens with zero attached hydrogens (tertiary/aromatic N) is 1. The molecule has 0 aliphatic heterocycles. The summed E-state index contributed by atoms with van der Waals surface area (Å²) in [6.07, 6.45) is 4.40. The minimum Gasteiger partial charge on any atom is -0.460 e. The second-order valence-electron chi connectivity index (χ2n) is 5.94. The highest BCUT2D eigenvalue weighted by atomic mass is 16.3. The first-order valence-corrected chi connectivity index (χ1v) is 7.80. The second kappa shape index (κ2) is 6.36. The highest BCUT2D eigenvalue weighted by Gasteiger charge is 2.26. The third-order valence-electron chi connectivity index (χ3n) is 4.34. The maximum atomic E-state index is 12.4. The van der Waals surface area contributed by atoms with Gasteiger partial charge in [-0.2, -0.15) is 5.10 Å².